The zero-order chi connectivity index (χ0) is 17.8. The van der Waals surface area contributed by atoms with Crippen molar-refractivity contribution >= 4 is 39.1 Å². The summed E-state index contributed by atoms with van der Waals surface area (Å²) in [7, 11) is 0. The molecule has 25 heavy (non-hydrogen) atoms. The Morgan fingerprint density at radius 2 is 1.96 bits per heavy atom. The summed E-state index contributed by atoms with van der Waals surface area (Å²) in [6.07, 6.45) is 2.39. The maximum Gasteiger partial charge on any atom is 0.341 e. The van der Waals surface area contributed by atoms with Crippen LogP contribution in [-0.4, -0.2) is 23.5 Å². The van der Waals surface area contributed by atoms with Crippen molar-refractivity contribution in [2.75, 3.05) is 11.9 Å². The number of rotatable bonds is 5. The molecule has 1 N–H and O–H groups in total. The number of anilines is 1. The van der Waals surface area contributed by atoms with E-state index in [0.717, 1.165) is 22.2 Å². The molecule has 0 bridgehead atoms. The molecule has 2 aromatic heterocycles. The van der Waals surface area contributed by atoms with Crippen molar-refractivity contribution in [1.29, 1.82) is 0 Å². The van der Waals surface area contributed by atoms with E-state index in [0.29, 0.717) is 22.7 Å². The number of carbonyl (C=O) groups excluding carboxylic acids is 2. The molecule has 0 radical (unpaired) electrons. The van der Waals surface area contributed by atoms with Crippen LogP contribution in [-0.2, 0) is 11.2 Å². The highest BCUT2D eigenvalue weighted by molar-refractivity contribution is 7.16. The maximum absolute atomic E-state index is 12.8. The Morgan fingerprint density at radius 1 is 1.16 bits per heavy atom. The highest BCUT2D eigenvalue weighted by atomic mass is 32.1. The standard InChI is InChI=1S/C19H18N2O3S/c1-3-12-11-15(19(23)24-4-2)18(25-12)21-17(22)14-9-10-20-16-8-6-5-7-13(14)16/h5-11H,3-4H2,1-2H3,(H,21,22). The Hall–Kier alpha value is -2.73. The third-order valence-corrected chi connectivity index (χ3v) is 4.94. The molecule has 0 aliphatic rings. The number of hydrogen-bond acceptors (Lipinski definition) is 5. The average Bonchev–Trinajstić information content (AvgIpc) is 3.04. The number of pyridine rings is 1. The first kappa shape index (κ1) is 17.1. The number of para-hydroxylation sites is 1. The van der Waals surface area contributed by atoms with Crippen molar-refractivity contribution in [2.24, 2.45) is 0 Å². The monoisotopic (exact) mass is 354 g/mol. The van der Waals surface area contributed by atoms with Gasteiger partial charge >= 0.3 is 5.97 Å². The molecule has 0 fully saturated rings. The second-order valence-corrected chi connectivity index (χ2v) is 6.50. The normalized spacial score (nSPS) is 10.6. The highest BCUT2D eigenvalue weighted by Crippen LogP contribution is 2.30. The van der Waals surface area contributed by atoms with Gasteiger partial charge in [-0.25, -0.2) is 4.79 Å². The van der Waals surface area contributed by atoms with E-state index in [9.17, 15) is 9.59 Å². The minimum Gasteiger partial charge on any atom is -0.462 e. The maximum atomic E-state index is 12.8. The predicted molar refractivity (Wildman–Crippen MR) is 99.3 cm³/mol. The molecule has 0 unspecified atom stereocenters. The van der Waals surface area contributed by atoms with Gasteiger partial charge < -0.3 is 10.1 Å². The summed E-state index contributed by atoms with van der Waals surface area (Å²) in [5, 5.41) is 4.15. The number of fused-ring (bicyclic) bond motifs is 1. The SMILES string of the molecule is CCOC(=O)c1cc(CC)sc1NC(=O)c1ccnc2ccccc12. The molecule has 0 spiro atoms. The molecule has 0 aliphatic carbocycles. The van der Waals surface area contributed by atoms with Gasteiger partial charge in [-0.2, -0.15) is 0 Å². The average molecular weight is 354 g/mol. The van der Waals surface area contributed by atoms with Gasteiger partial charge in [0.05, 0.1) is 23.3 Å². The number of benzene rings is 1. The van der Waals surface area contributed by atoms with Gasteiger partial charge in [0.15, 0.2) is 0 Å². The molecular formula is C19H18N2O3S. The summed E-state index contributed by atoms with van der Waals surface area (Å²) in [4.78, 5) is 30.2. The predicted octanol–water partition coefficient (Wildman–Crippen LogP) is 4.29. The van der Waals surface area contributed by atoms with Crippen molar-refractivity contribution in [1.82, 2.24) is 4.98 Å². The molecule has 1 aromatic carbocycles. The van der Waals surface area contributed by atoms with Gasteiger partial charge in [0.2, 0.25) is 0 Å². The Kier molecular flexibility index (Phi) is 5.09. The molecule has 0 saturated heterocycles. The smallest absolute Gasteiger partial charge is 0.341 e. The van der Waals surface area contributed by atoms with Gasteiger partial charge in [-0.15, -0.1) is 11.3 Å². The second-order valence-electron chi connectivity index (χ2n) is 5.36. The van der Waals surface area contributed by atoms with Gasteiger partial charge in [-0.05, 0) is 31.5 Å². The van der Waals surface area contributed by atoms with Crippen molar-refractivity contribution < 1.29 is 14.3 Å². The van der Waals surface area contributed by atoms with Gasteiger partial charge in [-0.3, -0.25) is 9.78 Å². The molecule has 6 heteroatoms. The number of aryl methyl sites for hydroxylation is 1. The van der Waals surface area contributed by atoms with Crippen LogP contribution in [0.5, 0.6) is 0 Å². The molecule has 3 aromatic rings. The van der Waals surface area contributed by atoms with E-state index in [4.69, 9.17) is 4.74 Å². The number of nitrogens with one attached hydrogen (secondary N) is 1. The fourth-order valence-electron chi connectivity index (χ4n) is 2.53. The Balaban J connectivity index is 1.95. The molecule has 0 aliphatic heterocycles. The number of esters is 1. The van der Waals surface area contributed by atoms with Crippen molar-refractivity contribution in [3.05, 3.63) is 58.6 Å². The number of ether oxygens (including phenoxy) is 1. The molecule has 2 heterocycles. The number of carbonyl (C=O) groups is 2. The Morgan fingerprint density at radius 3 is 2.72 bits per heavy atom. The summed E-state index contributed by atoms with van der Waals surface area (Å²) in [6.45, 7) is 4.05. The summed E-state index contributed by atoms with van der Waals surface area (Å²) in [5.41, 5.74) is 1.67. The first-order valence-corrected chi connectivity index (χ1v) is 8.90. The minimum atomic E-state index is -0.423. The van der Waals surface area contributed by atoms with Gasteiger partial charge in [-0.1, -0.05) is 25.1 Å². The Labute approximate surface area is 149 Å². The summed E-state index contributed by atoms with van der Waals surface area (Å²) in [6, 6.07) is 10.9. The van der Waals surface area contributed by atoms with Crippen LogP contribution in [0, 0.1) is 0 Å². The summed E-state index contributed by atoms with van der Waals surface area (Å²) >= 11 is 1.39. The zero-order valence-corrected chi connectivity index (χ0v) is 14.9. The molecule has 3 rings (SSSR count). The quantitative estimate of drug-likeness (QED) is 0.694. The zero-order valence-electron chi connectivity index (χ0n) is 14.0. The lowest BCUT2D eigenvalue weighted by molar-refractivity contribution is 0.0528. The number of nitrogens with zero attached hydrogens (tertiary/aromatic N) is 1. The first-order valence-electron chi connectivity index (χ1n) is 8.09. The first-order chi connectivity index (χ1) is 12.1. The lowest BCUT2D eigenvalue weighted by Crippen LogP contribution is -2.14. The third-order valence-electron chi connectivity index (χ3n) is 3.75. The Bertz CT molecular complexity index is 928. The van der Waals surface area contributed by atoms with E-state index in [2.05, 4.69) is 10.3 Å². The van der Waals surface area contributed by atoms with E-state index in [1.165, 1.54) is 11.3 Å². The van der Waals surface area contributed by atoms with Gasteiger partial charge in [0.1, 0.15) is 5.00 Å². The van der Waals surface area contributed by atoms with E-state index >= 15 is 0 Å². The van der Waals surface area contributed by atoms with E-state index in [-0.39, 0.29) is 5.91 Å². The topological polar surface area (TPSA) is 68.3 Å². The third kappa shape index (κ3) is 3.53. The van der Waals surface area contributed by atoms with Crippen molar-refractivity contribution in [2.45, 2.75) is 20.3 Å². The summed E-state index contributed by atoms with van der Waals surface area (Å²) < 4.78 is 5.09. The number of thiophene rings is 1. The van der Waals surface area contributed by atoms with Crippen LogP contribution in [0.1, 0.15) is 39.4 Å². The lowest BCUT2D eigenvalue weighted by atomic mass is 10.1. The molecule has 128 valence electrons. The van der Waals surface area contributed by atoms with E-state index in [1.54, 1.807) is 25.3 Å². The molecular weight excluding hydrogens is 336 g/mol. The second kappa shape index (κ2) is 7.44. The molecule has 0 atom stereocenters. The molecule has 0 saturated carbocycles. The minimum absolute atomic E-state index is 0.270. The van der Waals surface area contributed by atoms with E-state index < -0.39 is 5.97 Å². The van der Waals surface area contributed by atoms with Crippen LogP contribution in [0.2, 0.25) is 0 Å². The summed E-state index contributed by atoms with van der Waals surface area (Å²) in [5.74, 6) is -0.693. The van der Waals surface area contributed by atoms with Crippen LogP contribution in [0.25, 0.3) is 10.9 Å². The molecule has 5 nitrogen and oxygen atoms in total. The van der Waals surface area contributed by atoms with Crippen molar-refractivity contribution in [3.63, 3.8) is 0 Å². The fourth-order valence-corrected chi connectivity index (χ4v) is 3.51. The number of aromatic nitrogens is 1. The van der Waals surface area contributed by atoms with Gasteiger partial charge in [0, 0.05) is 16.5 Å². The number of amides is 1. The van der Waals surface area contributed by atoms with Crippen LogP contribution in [0.4, 0.5) is 5.00 Å². The van der Waals surface area contributed by atoms with Crippen LogP contribution in [0.3, 0.4) is 0 Å². The molecule has 1 amide bonds. The van der Waals surface area contributed by atoms with Crippen LogP contribution < -0.4 is 5.32 Å². The van der Waals surface area contributed by atoms with Crippen LogP contribution >= 0.6 is 11.3 Å². The van der Waals surface area contributed by atoms with E-state index in [1.807, 2.05) is 31.2 Å². The number of hydrogen-bond donors (Lipinski definition) is 1. The van der Waals surface area contributed by atoms with Gasteiger partial charge in [0.25, 0.3) is 5.91 Å². The van der Waals surface area contributed by atoms with Crippen molar-refractivity contribution in [3.8, 4) is 0 Å². The lowest BCUT2D eigenvalue weighted by Gasteiger charge is -2.08. The van der Waals surface area contributed by atoms with Crippen LogP contribution in [0.15, 0.2) is 42.6 Å². The fraction of sp³-hybridized carbons (Fsp3) is 0.211. The highest BCUT2D eigenvalue weighted by Gasteiger charge is 2.20. The largest absolute Gasteiger partial charge is 0.462 e.